The molecule has 1 fully saturated rings. The van der Waals surface area contributed by atoms with Gasteiger partial charge >= 0.3 is 0 Å². The lowest BCUT2D eigenvalue weighted by molar-refractivity contribution is -0.129. The first-order valence-corrected chi connectivity index (χ1v) is 6.64. The number of likely N-dealkylation sites (N-methyl/N-ethyl adjacent to an activating group) is 1. The monoisotopic (exact) mass is 290 g/mol. The molecule has 1 aromatic rings. The molecule has 0 atom stereocenters. The third-order valence-corrected chi connectivity index (χ3v) is 3.50. The third-order valence-electron chi connectivity index (χ3n) is 3.50. The van der Waals surface area contributed by atoms with Gasteiger partial charge in [-0.25, -0.2) is 0 Å². The lowest BCUT2D eigenvalue weighted by atomic mass is 10.1. The molecular weight excluding hydrogens is 272 g/mol. The fourth-order valence-corrected chi connectivity index (χ4v) is 2.18. The van der Waals surface area contributed by atoms with E-state index < -0.39 is 0 Å². The van der Waals surface area contributed by atoms with E-state index in [0.717, 1.165) is 6.42 Å². The Balaban J connectivity index is 2.14. The molecule has 1 saturated heterocycles. The van der Waals surface area contributed by atoms with E-state index in [2.05, 4.69) is 5.16 Å². The number of oxime groups is 1. The van der Waals surface area contributed by atoms with Gasteiger partial charge in [-0.1, -0.05) is 17.3 Å². The Kier molecular flexibility index (Phi) is 4.42. The molecule has 21 heavy (non-hydrogen) atoms. The third kappa shape index (κ3) is 3.31. The second-order valence-corrected chi connectivity index (χ2v) is 4.96. The summed E-state index contributed by atoms with van der Waals surface area (Å²) in [6.45, 7) is 1.30. The summed E-state index contributed by atoms with van der Waals surface area (Å²) in [7, 11) is 1.74. The summed E-state index contributed by atoms with van der Waals surface area (Å²) in [6.07, 6.45) is 0.760. The van der Waals surface area contributed by atoms with Crippen molar-refractivity contribution in [1.82, 2.24) is 9.80 Å². The van der Waals surface area contributed by atoms with Crippen LogP contribution in [0.5, 0.6) is 0 Å². The van der Waals surface area contributed by atoms with Crippen LogP contribution in [0.15, 0.2) is 29.4 Å². The lowest BCUT2D eigenvalue weighted by Gasteiger charge is -2.19. The second kappa shape index (κ2) is 6.25. The van der Waals surface area contributed by atoms with Crippen LogP contribution >= 0.6 is 0 Å². The van der Waals surface area contributed by atoms with Gasteiger partial charge in [0.1, 0.15) is 6.54 Å². The number of hydrogen-bond donors (Lipinski definition) is 2. The number of nitrogens with two attached hydrogens (primary N) is 1. The molecule has 0 spiro atoms. The average Bonchev–Trinajstić information content (AvgIpc) is 2.68. The summed E-state index contributed by atoms with van der Waals surface area (Å²) >= 11 is 0. The molecule has 0 saturated carbocycles. The highest BCUT2D eigenvalue weighted by Crippen LogP contribution is 2.11. The Bertz CT molecular complexity index is 568. The Morgan fingerprint density at radius 2 is 1.86 bits per heavy atom. The van der Waals surface area contributed by atoms with Crippen molar-refractivity contribution in [1.29, 1.82) is 0 Å². The highest BCUT2D eigenvalue weighted by Gasteiger charge is 2.23. The molecule has 112 valence electrons. The molecule has 0 unspecified atom stereocenters. The Morgan fingerprint density at radius 3 is 2.48 bits per heavy atom. The van der Waals surface area contributed by atoms with Crippen molar-refractivity contribution in [2.45, 2.75) is 6.42 Å². The molecule has 7 nitrogen and oxygen atoms in total. The van der Waals surface area contributed by atoms with Crippen molar-refractivity contribution in [3.8, 4) is 0 Å². The molecule has 1 aliphatic rings. The predicted octanol–water partition coefficient (Wildman–Crippen LogP) is 0.0854. The van der Waals surface area contributed by atoms with Gasteiger partial charge in [0.2, 0.25) is 5.91 Å². The number of hydrogen-bond acceptors (Lipinski definition) is 4. The van der Waals surface area contributed by atoms with Crippen molar-refractivity contribution in [2.24, 2.45) is 10.9 Å². The smallest absolute Gasteiger partial charge is 0.254 e. The van der Waals surface area contributed by atoms with Gasteiger partial charge in [-0.05, 0) is 18.6 Å². The van der Waals surface area contributed by atoms with E-state index in [1.807, 2.05) is 0 Å². The molecule has 1 aromatic carbocycles. The van der Waals surface area contributed by atoms with Crippen LogP contribution in [-0.4, -0.2) is 59.3 Å². The number of amides is 2. The summed E-state index contributed by atoms with van der Waals surface area (Å²) in [6, 6.07) is 6.42. The van der Waals surface area contributed by atoms with Crippen molar-refractivity contribution in [3.63, 3.8) is 0 Å². The molecule has 3 N–H and O–H groups in total. The van der Waals surface area contributed by atoms with Crippen LogP contribution in [0.25, 0.3) is 0 Å². The van der Waals surface area contributed by atoms with Crippen molar-refractivity contribution in [3.05, 3.63) is 35.4 Å². The van der Waals surface area contributed by atoms with Crippen LogP contribution in [0.4, 0.5) is 0 Å². The van der Waals surface area contributed by atoms with Gasteiger partial charge in [-0.15, -0.1) is 0 Å². The van der Waals surface area contributed by atoms with E-state index in [1.54, 1.807) is 41.1 Å². The zero-order valence-corrected chi connectivity index (χ0v) is 11.8. The highest BCUT2D eigenvalue weighted by molar-refractivity contribution is 6.00. The van der Waals surface area contributed by atoms with Crippen LogP contribution in [0.2, 0.25) is 0 Å². The molecule has 2 amide bonds. The second-order valence-electron chi connectivity index (χ2n) is 4.96. The van der Waals surface area contributed by atoms with E-state index in [0.29, 0.717) is 24.2 Å². The maximum atomic E-state index is 12.4. The summed E-state index contributed by atoms with van der Waals surface area (Å²) in [4.78, 5) is 27.4. The largest absolute Gasteiger partial charge is 0.409 e. The number of carbonyl (C=O) groups is 2. The zero-order chi connectivity index (χ0) is 15.4. The minimum atomic E-state index is -0.190. The number of nitrogens with zero attached hydrogens (tertiary/aromatic N) is 3. The van der Waals surface area contributed by atoms with Crippen LogP contribution in [-0.2, 0) is 4.79 Å². The number of carbonyl (C=O) groups excluding carboxylic acids is 2. The van der Waals surface area contributed by atoms with Gasteiger partial charge in [0, 0.05) is 31.3 Å². The molecule has 0 bridgehead atoms. The van der Waals surface area contributed by atoms with Gasteiger partial charge in [0.25, 0.3) is 5.91 Å². The molecule has 0 aromatic heterocycles. The molecule has 7 heteroatoms. The van der Waals surface area contributed by atoms with E-state index in [1.165, 1.54) is 0 Å². The van der Waals surface area contributed by atoms with Crippen LogP contribution in [0.1, 0.15) is 22.3 Å². The molecule has 1 aliphatic heterocycles. The lowest BCUT2D eigenvalue weighted by Crippen LogP contribution is -2.38. The maximum Gasteiger partial charge on any atom is 0.254 e. The van der Waals surface area contributed by atoms with Crippen LogP contribution in [0.3, 0.4) is 0 Å². The van der Waals surface area contributed by atoms with E-state index in [4.69, 9.17) is 10.9 Å². The van der Waals surface area contributed by atoms with Crippen molar-refractivity contribution >= 4 is 17.6 Å². The molecule has 1 heterocycles. The van der Waals surface area contributed by atoms with Gasteiger partial charge in [0.05, 0.1) is 0 Å². The molecule has 0 radical (unpaired) electrons. The fraction of sp³-hybridized carbons (Fsp3) is 0.357. The SMILES string of the molecule is CN1CCCN(C(=O)c2ccc(/C(N)=N/O)cc2)CC1=O. The molecular formula is C14H18N4O3. The molecule has 2 rings (SSSR count). The summed E-state index contributed by atoms with van der Waals surface area (Å²) in [5, 5.41) is 11.5. The van der Waals surface area contributed by atoms with Crippen molar-refractivity contribution in [2.75, 3.05) is 26.7 Å². The summed E-state index contributed by atoms with van der Waals surface area (Å²) < 4.78 is 0. The average molecular weight is 290 g/mol. The predicted molar refractivity (Wildman–Crippen MR) is 77.1 cm³/mol. The first-order chi connectivity index (χ1) is 10.0. The van der Waals surface area contributed by atoms with Crippen LogP contribution < -0.4 is 5.73 Å². The fourth-order valence-electron chi connectivity index (χ4n) is 2.18. The van der Waals surface area contributed by atoms with Crippen LogP contribution in [0, 0.1) is 0 Å². The summed E-state index contributed by atoms with van der Waals surface area (Å²) in [5.74, 6) is -0.264. The van der Waals surface area contributed by atoms with Gasteiger partial charge < -0.3 is 20.7 Å². The first kappa shape index (κ1) is 14.8. The zero-order valence-electron chi connectivity index (χ0n) is 11.8. The molecule has 0 aliphatic carbocycles. The minimum Gasteiger partial charge on any atom is -0.409 e. The normalized spacial score (nSPS) is 16.8. The van der Waals surface area contributed by atoms with E-state index >= 15 is 0 Å². The van der Waals surface area contributed by atoms with Crippen molar-refractivity contribution < 1.29 is 14.8 Å². The standard InChI is InChI=1S/C14H18N4O3/c1-17-7-2-8-18(9-12(17)19)14(20)11-5-3-10(4-6-11)13(15)16-21/h3-6,21H,2,7-9H2,1H3,(H2,15,16). The quantitative estimate of drug-likeness (QED) is 0.349. The van der Waals surface area contributed by atoms with Gasteiger partial charge in [-0.2, -0.15) is 0 Å². The Morgan fingerprint density at radius 1 is 1.24 bits per heavy atom. The number of benzene rings is 1. The minimum absolute atomic E-state index is 0.0134. The maximum absolute atomic E-state index is 12.4. The summed E-state index contributed by atoms with van der Waals surface area (Å²) in [5.41, 5.74) is 6.47. The topological polar surface area (TPSA) is 99.2 Å². The van der Waals surface area contributed by atoms with E-state index in [-0.39, 0.29) is 24.2 Å². The number of amidine groups is 1. The Hall–Kier alpha value is -2.57. The van der Waals surface area contributed by atoms with Gasteiger partial charge in [0.15, 0.2) is 5.84 Å². The van der Waals surface area contributed by atoms with E-state index in [9.17, 15) is 9.59 Å². The first-order valence-electron chi connectivity index (χ1n) is 6.64. The number of rotatable bonds is 2. The Labute approximate surface area is 122 Å². The van der Waals surface area contributed by atoms with Gasteiger partial charge in [-0.3, -0.25) is 9.59 Å². The highest BCUT2D eigenvalue weighted by atomic mass is 16.4.